The predicted molar refractivity (Wildman–Crippen MR) is 77.3 cm³/mol. The molecule has 0 aliphatic carbocycles. The first kappa shape index (κ1) is 12.9. The van der Waals surface area contributed by atoms with Gasteiger partial charge < -0.3 is 10.6 Å². The molecule has 17 heavy (non-hydrogen) atoms. The number of hydrogen-bond donors (Lipinski definition) is 1. The van der Waals surface area contributed by atoms with Gasteiger partial charge in [0.05, 0.1) is 0 Å². The van der Waals surface area contributed by atoms with Crippen LogP contribution in [-0.2, 0) is 0 Å². The minimum Gasteiger partial charge on any atom is -0.368 e. The first-order valence-corrected chi connectivity index (χ1v) is 7.10. The van der Waals surface area contributed by atoms with E-state index >= 15 is 0 Å². The lowest BCUT2D eigenvalue weighted by molar-refractivity contribution is 0.625. The summed E-state index contributed by atoms with van der Waals surface area (Å²) in [4.78, 5) is 2.49. The molecule has 0 spiro atoms. The molecule has 1 heterocycles. The van der Waals surface area contributed by atoms with Crippen LogP contribution in [0.2, 0.25) is 0 Å². The molecule has 2 rings (SSSR count). The molecule has 2 nitrogen and oxygen atoms in total. The van der Waals surface area contributed by atoms with Crippen LogP contribution >= 0.6 is 15.9 Å². The number of anilines is 1. The summed E-state index contributed by atoms with van der Waals surface area (Å²) in [6.45, 7) is 7.81. The van der Waals surface area contributed by atoms with Crippen LogP contribution in [0.1, 0.15) is 38.8 Å². The van der Waals surface area contributed by atoms with Gasteiger partial charge in [0.2, 0.25) is 0 Å². The van der Waals surface area contributed by atoms with Crippen molar-refractivity contribution in [2.45, 2.75) is 39.3 Å². The molecule has 0 radical (unpaired) electrons. The first-order valence-electron chi connectivity index (χ1n) is 6.30. The highest BCUT2D eigenvalue weighted by Crippen LogP contribution is 2.35. The standard InChI is InChI=1S/C14H21BrN2/c1-9-6-10(2)17(8-9)14-7-12(15)4-5-13(14)11(3)16/h4-5,7,9-11H,6,8,16H2,1-3H3. The van der Waals surface area contributed by atoms with Crippen molar-refractivity contribution in [3.05, 3.63) is 28.2 Å². The van der Waals surface area contributed by atoms with Gasteiger partial charge in [-0.3, -0.25) is 0 Å². The van der Waals surface area contributed by atoms with Crippen molar-refractivity contribution >= 4 is 21.6 Å². The molecule has 0 bridgehead atoms. The average Bonchev–Trinajstić information content (AvgIpc) is 2.57. The summed E-state index contributed by atoms with van der Waals surface area (Å²) >= 11 is 3.56. The second-order valence-electron chi connectivity index (χ2n) is 5.33. The summed E-state index contributed by atoms with van der Waals surface area (Å²) in [7, 11) is 0. The predicted octanol–water partition coefficient (Wildman–Crippen LogP) is 3.70. The summed E-state index contributed by atoms with van der Waals surface area (Å²) in [5.74, 6) is 0.768. The van der Waals surface area contributed by atoms with E-state index in [4.69, 9.17) is 5.73 Å². The monoisotopic (exact) mass is 296 g/mol. The van der Waals surface area contributed by atoms with Gasteiger partial charge in [0.15, 0.2) is 0 Å². The third-order valence-corrected chi connectivity index (χ3v) is 4.07. The molecule has 94 valence electrons. The normalized spacial score (nSPS) is 26.3. The maximum absolute atomic E-state index is 6.07. The van der Waals surface area contributed by atoms with Gasteiger partial charge >= 0.3 is 0 Å². The Balaban J connectivity index is 2.39. The molecule has 1 saturated heterocycles. The number of halogens is 1. The first-order chi connectivity index (χ1) is 7.99. The zero-order chi connectivity index (χ0) is 12.6. The minimum atomic E-state index is 0.0845. The van der Waals surface area contributed by atoms with Gasteiger partial charge in [-0.25, -0.2) is 0 Å². The van der Waals surface area contributed by atoms with E-state index < -0.39 is 0 Å². The molecule has 0 aromatic heterocycles. The van der Waals surface area contributed by atoms with Crippen molar-refractivity contribution in [3.8, 4) is 0 Å². The second kappa shape index (κ2) is 4.99. The third kappa shape index (κ3) is 2.66. The third-order valence-electron chi connectivity index (χ3n) is 3.58. The highest BCUT2D eigenvalue weighted by molar-refractivity contribution is 9.10. The maximum Gasteiger partial charge on any atom is 0.0428 e. The van der Waals surface area contributed by atoms with Gasteiger partial charge in [-0.2, -0.15) is 0 Å². The van der Waals surface area contributed by atoms with Crippen molar-refractivity contribution in [3.63, 3.8) is 0 Å². The molecule has 3 heteroatoms. The van der Waals surface area contributed by atoms with Crippen LogP contribution < -0.4 is 10.6 Å². The number of nitrogens with two attached hydrogens (primary N) is 1. The van der Waals surface area contributed by atoms with Crippen molar-refractivity contribution in [2.75, 3.05) is 11.4 Å². The molecule has 1 aromatic rings. The lowest BCUT2D eigenvalue weighted by Crippen LogP contribution is -2.28. The zero-order valence-electron chi connectivity index (χ0n) is 10.8. The van der Waals surface area contributed by atoms with E-state index in [0.29, 0.717) is 6.04 Å². The average molecular weight is 297 g/mol. The molecule has 1 aliphatic rings. The van der Waals surface area contributed by atoms with Crippen molar-refractivity contribution in [2.24, 2.45) is 11.7 Å². The van der Waals surface area contributed by atoms with E-state index in [2.05, 4.69) is 59.8 Å². The van der Waals surface area contributed by atoms with Crippen LogP contribution in [0.5, 0.6) is 0 Å². The highest BCUT2D eigenvalue weighted by Gasteiger charge is 2.28. The molecule has 0 amide bonds. The Kier molecular flexibility index (Phi) is 3.79. The van der Waals surface area contributed by atoms with E-state index in [1.165, 1.54) is 17.7 Å². The Morgan fingerprint density at radius 2 is 2.12 bits per heavy atom. The van der Waals surface area contributed by atoms with Crippen LogP contribution in [0, 0.1) is 5.92 Å². The van der Waals surface area contributed by atoms with Gasteiger partial charge in [0.1, 0.15) is 0 Å². The fraction of sp³-hybridized carbons (Fsp3) is 0.571. The highest BCUT2D eigenvalue weighted by atomic mass is 79.9. The fourth-order valence-electron chi connectivity index (χ4n) is 2.79. The molecular weight excluding hydrogens is 276 g/mol. The maximum atomic E-state index is 6.07. The minimum absolute atomic E-state index is 0.0845. The largest absolute Gasteiger partial charge is 0.368 e. The second-order valence-corrected chi connectivity index (χ2v) is 6.25. The molecule has 1 aliphatic heterocycles. The number of benzene rings is 1. The smallest absolute Gasteiger partial charge is 0.0428 e. The number of nitrogens with zero attached hydrogens (tertiary/aromatic N) is 1. The molecular formula is C14H21BrN2. The van der Waals surface area contributed by atoms with Crippen LogP contribution in [0.3, 0.4) is 0 Å². The summed E-state index contributed by atoms with van der Waals surface area (Å²) in [5.41, 5.74) is 8.61. The van der Waals surface area contributed by atoms with Crippen LogP contribution in [0.15, 0.2) is 22.7 Å². The number of hydrogen-bond acceptors (Lipinski definition) is 2. The van der Waals surface area contributed by atoms with Gasteiger partial charge in [-0.1, -0.05) is 28.9 Å². The van der Waals surface area contributed by atoms with Gasteiger partial charge in [-0.05, 0) is 43.9 Å². The topological polar surface area (TPSA) is 29.3 Å². The van der Waals surface area contributed by atoms with Crippen LogP contribution in [0.25, 0.3) is 0 Å². The lowest BCUT2D eigenvalue weighted by atomic mass is 10.1. The number of rotatable bonds is 2. The van der Waals surface area contributed by atoms with Crippen molar-refractivity contribution in [1.82, 2.24) is 0 Å². The van der Waals surface area contributed by atoms with Gasteiger partial charge in [0, 0.05) is 28.8 Å². The molecule has 2 N–H and O–H groups in total. The molecule has 3 atom stereocenters. The Labute approximate surface area is 112 Å². The fourth-order valence-corrected chi connectivity index (χ4v) is 3.14. The Hall–Kier alpha value is -0.540. The van der Waals surface area contributed by atoms with E-state index in [9.17, 15) is 0 Å². The molecule has 3 unspecified atom stereocenters. The van der Waals surface area contributed by atoms with Crippen LogP contribution in [0.4, 0.5) is 5.69 Å². The van der Waals surface area contributed by atoms with E-state index in [0.717, 1.165) is 16.9 Å². The van der Waals surface area contributed by atoms with E-state index in [-0.39, 0.29) is 6.04 Å². The Morgan fingerprint density at radius 3 is 2.65 bits per heavy atom. The zero-order valence-corrected chi connectivity index (χ0v) is 12.4. The van der Waals surface area contributed by atoms with Gasteiger partial charge in [-0.15, -0.1) is 0 Å². The Bertz CT molecular complexity index is 403. The van der Waals surface area contributed by atoms with Crippen LogP contribution in [-0.4, -0.2) is 12.6 Å². The SMILES string of the molecule is CC1CC(C)N(c2cc(Br)ccc2C(C)N)C1. The van der Waals surface area contributed by atoms with E-state index in [1.54, 1.807) is 0 Å². The van der Waals surface area contributed by atoms with Crippen molar-refractivity contribution < 1.29 is 0 Å². The summed E-state index contributed by atoms with van der Waals surface area (Å²) in [6, 6.07) is 7.11. The molecule has 1 fully saturated rings. The summed E-state index contributed by atoms with van der Waals surface area (Å²) in [5, 5.41) is 0. The molecule has 1 aromatic carbocycles. The summed E-state index contributed by atoms with van der Waals surface area (Å²) < 4.78 is 1.13. The summed E-state index contributed by atoms with van der Waals surface area (Å²) in [6.07, 6.45) is 1.27. The molecule has 0 saturated carbocycles. The Morgan fingerprint density at radius 1 is 1.41 bits per heavy atom. The van der Waals surface area contributed by atoms with E-state index in [1.807, 2.05) is 0 Å². The van der Waals surface area contributed by atoms with Gasteiger partial charge in [0.25, 0.3) is 0 Å². The quantitative estimate of drug-likeness (QED) is 0.902. The van der Waals surface area contributed by atoms with Crippen molar-refractivity contribution in [1.29, 1.82) is 0 Å². The lowest BCUT2D eigenvalue weighted by Gasteiger charge is -2.28.